The summed E-state index contributed by atoms with van der Waals surface area (Å²) in [6.45, 7) is 2.91. The average molecular weight is 283 g/mol. The van der Waals surface area contributed by atoms with Crippen molar-refractivity contribution >= 4 is 12.0 Å². The monoisotopic (exact) mass is 283 g/mol. The number of rotatable bonds is 4. The molecule has 6 heteroatoms. The van der Waals surface area contributed by atoms with Crippen LogP contribution in [0.1, 0.15) is 32.1 Å². The third kappa shape index (κ3) is 4.37. The molecule has 0 bridgehead atoms. The lowest BCUT2D eigenvalue weighted by Gasteiger charge is -2.29. The maximum absolute atomic E-state index is 11.8. The summed E-state index contributed by atoms with van der Waals surface area (Å²) in [5.41, 5.74) is 0. The number of likely N-dealkylation sites (tertiary alicyclic amines) is 1. The van der Waals surface area contributed by atoms with Crippen molar-refractivity contribution in [3.8, 4) is 0 Å². The number of amides is 2. The summed E-state index contributed by atoms with van der Waals surface area (Å²) in [6.07, 6.45) is 4.23. The molecule has 2 rings (SSSR count). The van der Waals surface area contributed by atoms with Gasteiger partial charge in [-0.05, 0) is 58.2 Å². The Balaban J connectivity index is 1.62. The standard InChI is InChI=1S/C14H25N3O3/c1-17-6-4-10(5-7-17)9-15-14(20)16-12-3-2-11(8-12)13(18)19/h10-12H,2-9H2,1H3,(H,18,19)(H2,15,16,20). The van der Waals surface area contributed by atoms with Crippen molar-refractivity contribution in [3.05, 3.63) is 0 Å². The summed E-state index contributed by atoms with van der Waals surface area (Å²) in [5, 5.41) is 14.7. The molecule has 1 aliphatic heterocycles. The van der Waals surface area contributed by atoms with Crippen LogP contribution in [-0.4, -0.2) is 54.7 Å². The van der Waals surface area contributed by atoms with Crippen LogP contribution < -0.4 is 10.6 Å². The van der Waals surface area contributed by atoms with Crippen molar-refractivity contribution in [1.82, 2.24) is 15.5 Å². The van der Waals surface area contributed by atoms with E-state index in [1.165, 1.54) is 0 Å². The van der Waals surface area contributed by atoms with E-state index in [-0.39, 0.29) is 18.0 Å². The van der Waals surface area contributed by atoms with Gasteiger partial charge in [0, 0.05) is 12.6 Å². The van der Waals surface area contributed by atoms with Crippen molar-refractivity contribution in [1.29, 1.82) is 0 Å². The minimum absolute atomic E-state index is 0.00795. The van der Waals surface area contributed by atoms with Crippen molar-refractivity contribution < 1.29 is 14.7 Å². The van der Waals surface area contributed by atoms with E-state index in [1.807, 2.05) is 0 Å². The zero-order valence-corrected chi connectivity index (χ0v) is 12.1. The molecule has 0 spiro atoms. The third-order valence-corrected chi connectivity index (χ3v) is 4.51. The Hall–Kier alpha value is -1.30. The quantitative estimate of drug-likeness (QED) is 0.715. The van der Waals surface area contributed by atoms with Gasteiger partial charge in [0.2, 0.25) is 0 Å². The lowest BCUT2D eigenvalue weighted by atomic mass is 9.97. The highest BCUT2D eigenvalue weighted by atomic mass is 16.4. The second kappa shape index (κ2) is 6.92. The first-order valence-electron chi connectivity index (χ1n) is 7.50. The van der Waals surface area contributed by atoms with Crippen molar-refractivity contribution in [2.75, 3.05) is 26.7 Å². The van der Waals surface area contributed by atoms with E-state index < -0.39 is 5.97 Å². The van der Waals surface area contributed by atoms with Crippen molar-refractivity contribution in [3.63, 3.8) is 0 Å². The van der Waals surface area contributed by atoms with Gasteiger partial charge in [0.25, 0.3) is 0 Å². The summed E-state index contributed by atoms with van der Waals surface area (Å²) in [7, 11) is 2.12. The molecule has 1 saturated heterocycles. The van der Waals surface area contributed by atoms with Crippen LogP contribution in [0.15, 0.2) is 0 Å². The summed E-state index contributed by atoms with van der Waals surface area (Å²) in [5.74, 6) is -0.484. The van der Waals surface area contributed by atoms with E-state index in [4.69, 9.17) is 5.11 Å². The molecular formula is C14H25N3O3. The zero-order chi connectivity index (χ0) is 14.5. The molecule has 6 nitrogen and oxygen atoms in total. The molecule has 3 N–H and O–H groups in total. The van der Waals surface area contributed by atoms with E-state index in [1.54, 1.807) is 0 Å². The van der Waals surface area contributed by atoms with Gasteiger partial charge in [-0.2, -0.15) is 0 Å². The first kappa shape index (κ1) is 15.1. The largest absolute Gasteiger partial charge is 0.481 e. The number of carboxylic acids is 1. The van der Waals surface area contributed by atoms with E-state index in [2.05, 4.69) is 22.6 Å². The van der Waals surface area contributed by atoms with Gasteiger partial charge in [-0.3, -0.25) is 4.79 Å². The molecule has 2 aliphatic rings. The van der Waals surface area contributed by atoms with Gasteiger partial charge < -0.3 is 20.6 Å². The predicted octanol–water partition coefficient (Wildman–Crippen LogP) is 0.881. The number of urea groups is 1. The van der Waals surface area contributed by atoms with Crippen LogP contribution in [0.3, 0.4) is 0 Å². The second-order valence-electron chi connectivity index (χ2n) is 6.15. The van der Waals surface area contributed by atoms with E-state index in [9.17, 15) is 9.59 Å². The van der Waals surface area contributed by atoms with Crippen LogP contribution >= 0.6 is 0 Å². The molecule has 1 aliphatic carbocycles. The van der Waals surface area contributed by atoms with Crippen molar-refractivity contribution in [2.24, 2.45) is 11.8 Å². The number of carboxylic acid groups (broad SMARTS) is 1. The van der Waals surface area contributed by atoms with E-state index >= 15 is 0 Å². The third-order valence-electron chi connectivity index (χ3n) is 4.51. The molecule has 1 saturated carbocycles. The SMILES string of the molecule is CN1CCC(CNC(=O)NC2CCC(C(=O)O)C2)CC1. The Bertz CT molecular complexity index is 354. The topological polar surface area (TPSA) is 81.7 Å². The summed E-state index contributed by atoms with van der Waals surface area (Å²) in [6, 6.07) is -0.145. The van der Waals surface area contributed by atoms with Crippen LogP contribution in [0, 0.1) is 11.8 Å². The Labute approximate surface area is 119 Å². The number of nitrogens with one attached hydrogen (secondary N) is 2. The number of piperidine rings is 1. The highest BCUT2D eigenvalue weighted by molar-refractivity contribution is 5.75. The maximum Gasteiger partial charge on any atom is 0.315 e. The van der Waals surface area contributed by atoms with E-state index in [0.29, 0.717) is 18.8 Å². The average Bonchev–Trinajstić information content (AvgIpc) is 2.87. The van der Waals surface area contributed by atoms with Gasteiger partial charge in [0.15, 0.2) is 0 Å². The smallest absolute Gasteiger partial charge is 0.315 e. The molecule has 0 aromatic carbocycles. The van der Waals surface area contributed by atoms with Gasteiger partial charge in [-0.1, -0.05) is 0 Å². The molecular weight excluding hydrogens is 258 g/mol. The predicted molar refractivity (Wildman–Crippen MR) is 75.5 cm³/mol. The summed E-state index contributed by atoms with van der Waals surface area (Å²) < 4.78 is 0. The molecule has 2 amide bonds. The van der Waals surface area contributed by atoms with Gasteiger partial charge in [-0.15, -0.1) is 0 Å². The minimum Gasteiger partial charge on any atom is -0.481 e. The van der Waals surface area contributed by atoms with Crippen LogP contribution in [0.4, 0.5) is 4.79 Å². The maximum atomic E-state index is 11.8. The number of carbonyl (C=O) groups is 2. The second-order valence-corrected chi connectivity index (χ2v) is 6.15. The number of hydrogen-bond acceptors (Lipinski definition) is 3. The fourth-order valence-corrected chi connectivity index (χ4v) is 3.08. The molecule has 0 radical (unpaired) electrons. The van der Waals surface area contributed by atoms with Crippen LogP contribution in [0.25, 0.3) is 0 Å². The van der Waals surface area contributed by atoms with E-state index in [0.717, 1.165) is 38.9 Å². The Morgan fingerprint density at radius 3 is 2.50 bits per heavy atom. The molecule has 0 aromatic heterocycles. The minimum atomic E-state index is -0.749. The first-order chi connectivity index (χ1) is 9.54. The van der Waals surface area contributed by atoms with Gasteiger partial charge in [0.05, 0.1) is 5.92 Å². The highest BCUT2D eigenvalue weighted by Gasteiger charge is 2.30. The molecule has 20 heavy (non-hydrogen) atoms. The fourth-order valence-electron chi connectivity index (χ4n) is 3.08. The first-order valence-corrected chi connectivity index (χ1v) is 7.50. The van der Waals surface area contributed by atoms with Gasteiger partial charge >= 0.3 is 12.0 Å². The molecule has 0 aromatic rings. The number of carbonyl (C=O) groups excluding carboxylic acids is 1. The molecule has 2 fully saturated rings. The lowest BCUT2D eigenvalue weighted by molar-refractivity contribution is -0.141. The Kier molecular flexibility index (Phi) is 5.23. The zero-order valence-electron chi connectivity index (χ0n) is 12.1. The van der Waals surface area contributed by atoms with Crippen molar-refractivity contribution in [2.45, 2.75) is 38.1 Å². The summed E-state index contributed by atoms with van der Waals surface area (Å²) >= 11 is 0. The molecule has 2 unspecified atom stereocenters. The Morgan fingerprint density at radius 2 is 1.90 bits per heavy atom. The molecule has 1 heterocycles. The fraction of sp³-hybridized carbons (Fsp3) is 0.857. The van der Waals surface area contributed by atoms with Crippen LogP contribution in [-0.2, 0) is 4.79 Å². The van der Waals surface area contributed by atoms with Gasteiger partial charge in [0.1, 0.15) is 0 Å². The number of nitrogens with zero attached hydrogens (tertiary/aromatic N) is 1. The Morgan fingerprint density at radius 1 is 1.20 bits per heavy atom. The summed E-state index contributed by atoms with van der Waals surface area (Å²) in [4.78, 5) is 25.0. The normalized spacial score (nSPS) is 28.2. The van der Waals surface area contributed by atoms with Gasteiger partial charge in [-0.25, -0.2) is 4.79 Å². The number of aliphatic carboxylic acids is 1. The number of hydrogen-bond donors (Lipinski definition) is 3. The van der Waals surface area contributed by atoms with Crippen LogP contribution in [0.5, 0.6) is 0 Å². The van der Waals surface area contributed by atoms with Crippen LogP contribution in [0.2, 0.25) is 0 Å². The molecule has 2 atom stereocenters. The molecule has 114 valence electrons. The highest BCUT2D eigenvalue weighted by Crippen LogP contribution is 2.25. The lowest BCUT2D eigenvalue weighted by Crippen LogP contribution is -2.44.